The summed E-state index contributed by atoms with van der Waals surface area (Å²) in [6, 6.07) is 5.06. The van der Waals surface area contributed by atoms with E-state index in [0.29, 0.717) is 12.1 Å². The summed E-state index contributed by atoms with van der Waals surface area (Å²) in [5.74, 6) is -0.241. The first-order valence-electron chi connectivity index (χ1n) is 5.04. The Hall–Kier alpha value is -1.72. The van der Waals surface area contributed by atoms with Crippen LogP contribution in [0.2, 0.25) is 0 Å². The van der Waals surface area contributed by atoms with Crippen LogP contribution in [0.3, 0.4) is 0 Å². The van der Waals surface area contributed by atoms with Gasteiger partial charge in [-0.25, -0.2) is 4.79 Å². The van der Waals surface area contributed by atoms with E-state index in [1.54, 1.807) is 6.07 Å². The maximum atomic E-state index is 12.5. The first kappa shape index (κ1) is 11.8. The fourth-order valence-electron chi connectivity index (χ4n) is 1.68. The number of hydrogen-bond donors (Lipinski definition) is 1. The highest BCUT2D eigenvalue weighted by molar-refractivity contribution is 5.68. The average molecular weight is 245 g/mol. The van der Waals surface area contributed by atoms with Crippen molar-refractivity contribution in [2.45, 2.75) is 12.1 Å². The predicted molar refractivity (Wildman–Crippen MR) is 53.5 cm³/mol. The monoisotopic (exact) mass is 245 g/mol. The molecule has 92 valence electrons. The van der Waals surface area contributed by atoms with Crippen molar-refractivity contribution in [2.24, 2.45) is 0 Å². The Balaban J connectivity index is 2.19. The van der Waals surface area contributed by atoms with Crippen molar-refractivity contribution >= 4 is 6.09 Å². The fraction of sp³-hybridized carbons (Fsp3) is 0.364. The van der Waals surface area contributed by atoms with Gasteiger partial charge in [-0.1, -0.05) is 18.2 Å². The molecule has 3 nitrogen and oxygen atoms in total. The molecule has 1 N–H and O–H groups in total. The number of alkyl halides is 3. The lowest BCUT2D eigenvalue weighted by molar-refractivity contribution is -0.137. The normalized spacial score (nSPS) is 20.6. The Bertz CT molecular complexity index is 421. The SMILES string of the molecule is O=C1NCC(c2cccc(C(F)(F)F)c2)CO1. The van der Waals surface area contributed by atoms with Crippen molar-refractivity contribution < 1.29 is 22.7 Å². The van der Waals surface area contributed by atoms with Gasteiger partial charge in [-0.05, 0) is 11.6 Å². The molecular formula is C11H10F3NO2. The number of nitrogens with one attached hydrogen (secondary N) is 1. The van der Waals surface area contributed by atoms with Crippen LogP contribution < -0.4 is 5.32 Å². The largest absolute Gasteiger partial charge is 0.449 e. The quantitative estimate of drug-likeness (QED) is 0.825. The minimum atomic E-state index is -4.35. The molecule has 1 fully saturated rings. The van der Waals surface area contributed by atoms with Crippen LogP contribution >= 0.6 is 0 Å². The van der Waals surface area contributed by atoms with Crippen LogP contribution in [0.15, 0.2) is 24.3 Å². The summed E-state index contributed by atoms with van der Waals surface area (Å²) in [6.07, 6.45) is -4.89. The number of carbonyl (C=O) groups excluding carboxylic acids is 1. The third-order valence-electron chi connectivity index (χ3n) is 2.59. The molecule has 2 rings (SSSR count). The Morgan fingerprint density at radius 2 is 2.12 bits per heavy atom. The smallest absolute Gasteiger partial charge is 0.416 e. The van der Waals surface area contributed by atoms with Crippen molar-refractivity contribution in [3.05, 3.63) is 35.4 Å². The van der Waals surface area contributed by atoms with Crippen LogP contribution in [0.4, 0.5) is 18.0 Å². The zero-order valence-corrected chi connectivity index (χ0v) is 8.75. The van der Waals surface area contributed by atoms with E-state index in [1.807, 2.05) is 0 Å². The molecule has 6 heteroatoms. The van der Waals surface area contributed by atoms with E-state index in [0.717, 1.165) is 12.1 Å². The van der Waals surface area contributed by atoms with Crippen LogP contribution in [0.25, 0.3) is 0 Å². The molecule has 17 heavy (non-hydrogen) atoms. The summed E-state index contributed by atoms with van der Waals surface area (Å²) < 4.78 is 42.2. The van der Waals surface area contributed by atoms with Crippen LogP contribution in [0.1, 0.15) is 17.0 Å². The summed E-state index contributed by atoms with van der Waals surface area (Å²) in [4.78, 5) is 10.8. The van der Waals surface area contributed by atoms with Gasteiger partial charge in [0, 0.05) is 12.5 Å². The minimum Gasteiger partial charge on any atom is -0.449 e. The molecule has 0 radical (unpaired) electrons. The molecule has 0 aliphatic carbocycles. The standard InChI is InChI=1S/C11H10F3NO2/c12-11(13,14)9-3-1-2-7(4-9)8-5-15-10(16)17-6-8/h1-4,8H,5-6H2,(H,15,16). The van der Waals surface area contributed by atoms with Crippen LogP contribution in [-0.2, 0) is 10.9 Å². The average Bonchev–Trinajstić information content (AvgIpc) is 2.29. The predicted octanol–water partition coefficient (Wildman–Crippen LogP) is 2.53. The van der Waals surface area contributed by atoms with E-state index in [9.17, 15) is 18.0 Å². The van der Waals surface area contributed by atoms with Gasteiger partial charge in [-0.15, -0.1) is 0 Å². The number of rotatable bonds is 1. The summed E-state index contributed by atoms with van der Waals surface area (Å²) in [5, 5.41) is 2.45. The van der Waals surface area contributed by atoms with Gasteiger partial charge in [0.25, 0.3) is 0 Å². The molecule has 0 spiro atoms. The first-order valence-corrected chi connectivity index (χ1v) is 5.04. The molecule has 0 saturated carbocycles. The van der Waals surface area contributed by atoms with Gasteiger partial charge in [-0.3, -0.25) is 0 Å². The van der Waals surface area contributed by atoms with Gasteiger partial charge in [0.15, 0.2) is 0 Å². The van der Waals surface area contributed by atoms with Crippen molar-refractivity contribution in [3.8, 4) is 0 Å². The molecule has 1 heterocycles. The maximum Gasteiger partial charge on any atom is 0.416 e. The number of halogens is 3. The van der Waals surface area contributed by atoms with E-state index in [1.165, 1.54) is 6.07 Å². The number of carbonyl (C=O) groups is 1. The highest BCUT2D eigenvalue weighted by atomic mass is 19.4. The Kier molecular flexibility index (Phi) is 2.95. The van der Waals surface area contributed by atoms with E-state index in [-0.39, 0.29) is 12.5 Å². The number of amides is 1. The molecule has 1 unspecified atom stereocenters. The summed E-state index contributed by atoms with van der Waals surface area (Å²) in [6.45, 7) is 0.396. The second-order valence-corrected chi connectivity index (χ2v) is 3.80. The summed E-state index contributed by atoms with van der Waals surface area (Å²) in [5.41, 5.74) is -0.174. The lowest BCUT2D eigenvalue weighted by atomic mass is 9.97. The van der Waals surface area contributed by atoms with E-state index in [2.05, 4.69) is 5.32 Å². The van der Waals surface area contributed by atoms with Crippen molar-refractivity contribution in [2.75, 3.05) is 13.2 Å². The molecule has 1 aromatic rings. The molecule has 1 aromatic carbocycles. The van der Waals surface area contributed by atoms with Gasteiger partial charge in [-0.2, -0.15) is 13.2 Å². The summed E-state index contributed by atoms with van der Waals surface area (Å²) in [7, 11) is 0. The molecule has 1 aliphatic heterocycles. The van der Waals surface area contributed by atoms with E-state index < -0.39 is 17.8 Å². The fourth-order valence-corrected chi connectivity index (χ4v) is 1.68. The molecule has 0 aromatic heterocycles. The van der Waals surface area contributed by atoms with Crippen LogP contribution in [0.5, 0.6) is 0 Å². The van der Waals surface area contributed by atoms with Gasteiger partial charge >= 0.3 is 12.3 Å². The molecule has 1 aliphatic rings. The van der Waals surface area contributed by atoms with Gasteiger partial charge in [0.1, 0.15) is 6.61 Å². The third kappa shape index (κ3) is 2.69. The van der Waals surface area contributed by atoms with Crippen LogP contribution in [0, 0.1) is 0 Å². The Labute approximate surface area is 95.6 Å². The number of alkyl carbamates (subject to hydrolysis) is 1. The van der Waals surface area contributed by atoms with Crippen molar-refractivity contribution in [1.82, 2.24) is 5.32 Å². The Morgan fingerprint density at radius 3 is 2.71 bits per heavy atom. The van der Waals surface area contributed by atoms with Gasteiger partial charge in [0.05, 0.1) is 5.56 Å². The third-order valence-corrected chi connectivity index (χ3v) is 2.59. The van der Waals surface area contributed by atoms with Crippen molar-refractivity contribution in [1.29, 1.82) is 0 Å². The Morgan fingerprint density at radius 1 is 1.35 bits per heavy atom. The highest BCUT2D eigenvalue weighted by Gasteiger charge is 2.31. The molecule has 1 atom stereocenters. The molecule has 0 bridgehead atoms. The van der Waals surface area contributed by atoms with E-state index in [4.69, 9.17) is 4.74 Å². The maximum absolute atomic E-state index is 12.5. The first-order chi connectivity index (χ1) is 7.97. The van der Waals surface area contributed by atoms with Crippen LogP contribution in [-0.4, -0.2) is 19.2 Å². The minimum absolute atomic E-state index is 0.104. The second-order valence-electron chi connectivity index (χ2n) is 3.80. The molecule has 1 amide bonds. The highest BCUT2D eigenvalue weighted by Crippen LogP contribution is 2.31. The number of cyclic esters (lactones) is 1. The lowest BCUT2D eigenvalue weighted by Crippen LogP contribution is -2.37. The van der Waals surface area contributed by atoms with Crippen molar-refractivity contribution in [3.63, 3.8) is 0 Å². The second kappa shape index (κ2) is 4.27. The summed E-state index contributed by atoms with van der Waals surface area (Å²) >= 11 is 0. The molecular weight excluding hydrogens is 235 g/mol. The molecule has 1 saturated heterocycles. The zero-order chi connectivity index (χ0) is 12.5. The lowest BCUT2D eigenvalue weighted by Gasteiger charge is -2.23. The zero-order valence-electron chi connectivity index (χ0n) is 8.75. The number of benzene rings is 1. The van der Waals surface area contributed by atoms with E-state index >= 15 is 0 Å². The van der Waals surface area contributed by atoms with Gasteiger partial charge in [0.2, 0.25) is 0 Å². The number of ether oxygens (including phenoxy) is 1. The van der Waals surface area contributed by atoms with Gasteiger partial charge < -0.3 is 10.1 Å². The number of hydrogen-bond acceptors (Lipinski definition) is 2. The topological polar surface area (TPSA) is 38.3 Å².